The van der Waals surface area contributed by atoms with E-state index in [1.165, 1.54) is 12.1 Å². The topological polar surface area (TPSA) is 53.6 Å². The largest absolute Gasteiger partial charge is 0.416 e. The van der Waals surface area contributed by atoms with Crippen molar-refractivity contribution in [2.75, 3.05) is 5.32 Å². The number of hydrogen-bond donors (Lipinski definition) is 2. The van der Waals surface area contributed by atoms with Gasteiger partial charge in [0.2, 0.25) is 5.95 Å². The van der Waals surface area contributed by atoms with Gasteiger partial charge >= 0.3 is 6.18 Å². The van der Waals surface area contributed by atoms with Gasteiger partial charge in [-0.15, -0.1) is 0 Å². The van der Waals surface area contributed by atoms with Gasteiger partial charge < -0.3 is 10.3 Å². The molecule has 7 heteroatoms. The predicted molar refractivity (Wildman–Crippen MR) is 86.0 cm³/mol. The molecular weight excluding hydrogens is 317 g/mol. The molecule has 0 bridgehead atoms. The summed E-state index contributed by atoms with van der Waals surface area (Å²) in [7, 11) is 0. The lowest BCUT2D eigenvalue weighted by atomic mass is 10.1. The summed E-state index contributed by atoms with van der Waals surface area (Å²) in [6, 6.07) is 6.70. The van der Waals surface area contributed by atoms with Crippen LogP contribution in [0.15, 0.2) is 42.7 Å². The number of aromatic amines is 1. The number of alkyl halides is 3. The molecule has 0 saturated carbocycles. The van der Waals surface area contributed by atoms with Gasteiger partial charge in [0.15, 0.2) is 0 Å². The highest BCUT2D eigenvalue weighted by atomic mass is 19.4. The van der Waals surface area contributed by atoms with Crippen LogP contribution in [0.4, 0.5) is 24.8 Å². The normalized spacial score (nSPS) is 11.5. The van der Waals surface area contributed by atoms with Crippen molar-refractivity contribution >= 4 is 11.6 Å². The zero-order valence-electron chi connectivity index (χ0n) is 13.1. The van der Waals surface area contributed by atoms with Gasteiger partial charge in [-0.25, -0.2) is 9.97 Å². The summed E-state index contributed by atoms with van der Waals surface area (Å²) in [4.78, 5) is 11.6. The Morgan fingerprint density at radius 3 is 2.58 bits per heavy atom. The smallest absolute Gasteiger partial charge is 0.364 e. The maximum Gasteiger partial charge on any atom is 0.416 e. The summed E-state index contributed by atoms with van der Waals surface area (Å²) < 4.78 is 38.3. The Labute approximate surface area is 136 Å². The van der Waals surface area contributed by atoms with E-state index in [0.717, 1.165) is 29.0 Å². The maximum atomic E-state index is 12.8. The molecule has 0 aliphatic heterocycles. The van der Waals surface area contributed by atoms with Crippen molar-refractivity contribution in [2.24, 2.45) is 0 Å². The Kier molecular flexibility index (Phi) is 4.01. The van der Waals surface area contributed by atoms with Gasteiger partial charge in [0, 0.05) is 29.3 Å². The lowest BCUT2D eigenvalue weighted by molar-refractivity contribution is -0.137. The molecule has 2 N–H and O–H groups in total. The van der Waals surface area contributed by atoms with E-state index < -0.39 is 11.7 Å². The van der Waals surface area contributed by atoms with Crippen molar-refractivity contribution in [2.45, 2.75) is 20.0 Å². The zero-order chi connectivity index (χ0) is 17.3. The molecule has 0 aliphatic carbocycles. The second-order valence-corrected chi connectivity index (χ2v) is 5.44. The minimum Gasteiger partial charge on any atom is -0.364 e. The first kappa shape index (κ1) is 16.0. The van der Waals surface area contributed by atoms with Crippen LogP contribution in [0, 0.1) is 13.8 Å². The minimum atomic E-state index is -4.39. The van der Waals surface area contributed by atoms with Crippen LogP contribution in [-0.4, -0.2) is 15.0 Å². The number of nitrogens with zero attached hydrogens (tertiary/aromatic N) is 2. The van der Waals surface area contributed by atoms with Gasteiger partial charge in [-0.1, -0.05) is 6.07 Å². The van der Waals surface area contributed by atoms with E-state index >= 15 is 0 Å². The van der Waals surface area contributed by atoms with Crippen LogP contribution in [0.1, 0.15) is 16.8 Å². The third-order valence-electron chi connectivity index (χ3n) is 3.63. The Morgan fingerprint density at radius 1 is 1.12 bits per heavy atom. The van der Waals surface area contributed by atoms with Crippen LogP contribution in [0.3, 0.4) is 0 Å². The number of nitrogens with one attached hydrogen (secondary N) is 2. The molecule has 0 radical (unpaired) electrons. The van der Waals surface area contributed by atoms with Gasteiger partial charge in [0.05, 0.1) is 11.3 Å². The quantitative estimate of drug-likeness (QED) is 0.721. The van der Waals surface area contributed by atoms with Gasteiger partial charge in [0.1, 0.15) is 0 Å². The van der Waals surface area contributed by atoms with Crippen molar-refractivity contribution in [3.05, 3.63) is 59.5 Å². The highest BCUT2D eigenvalue weighted by molar-refractivity contribution is 5.67. The molecule has 0 atom stereocenters. The van der Waals surface area contributed by atoms with Crippen LogP contribution >= 0.6 is 0 Å². The van der Waals surface area contributed by atoms with E-state index in [9.17, 15) is 13.2 Å². The van der Waals surface area contributed by atoms with Crippen LogP contribution in [0.2, 0.25) is 0 Å². The fourth-order valence-electron chi connectivity index (χ4n) is 2.51. The third-order valence-corrected chi connectivity index (χ3v) is 3.63. The standard InChI is InChI=1S/C17H15F3N4/c1-10-9-22-11(2)15(10)14-6-7-21-16(24-14)23-13-5-3-4-12(8-13)17(18,19)20/h3-9,22H,1-2H3,(H,21,23,24). The highest BCUT2D eigenvalue weighted by Gasteiger charge is 2.30. The maximum absolute atomic E-state index is 12.8. The molecule has 3 aromatic rings. The van der Waals surface area contributed by atoms with E-state index in [2.05, 4.69) is 20.3 Å². The molecule has 0 fully saturated rings. The lowest BCUT2D eigenvalue weighted by Crippen LogP contribution is -2.05. The van der Waals surface area contributed by atoms with Crippen molar-refractivity contribution in [3.8, 4) is 11.3 Å². The second kappa shape index (κ2) is 5.99. The summed E-state index contributed by atoms with van der Waals surface area (Å²) in [6.45, 7) is 3.89. The first-order chi connectivity index (χ1) is 11.3. The molecule has 2 aromatic heterocycles. The molecular formula is C17H15F3N4. The van der Waals surface area contributed by atoms with Crippen LogP contribution < -0.4 is 5.32 Å². The first-order valence-electron chi connectivity index (χ1n) is 7.27. The van der Waals surface area contributed by atoms with Crippen molar-refractivity contribution in [3.63, 3.8) is 0 Å². The Bertz CT molecular complexity index is 849. The Morgan fingerprint density at radius 2 is 1.92 bits per heavy atom. The molecule has 24 heavy (non-hydrogen) atoms. The fraction of sp³-hybridized carbons (Fsp3) is 0.176. The zero-order valence-corrected chi connectivity index (χ0v) is 13.1. The summed E-state index contributed by atoms with van der Waals surface area (Å²) in [6.07, 6.45) is -0.934. The van der Waals surface area contributed by atoms with E-state index in [4.69, 9.17) is 0 Å². The van der Waals surface area contributed by atoms with Gasteiger partial charge in [0.25, 0.3) is 0 Å². The Balaban J connectivity index is 1.91. The SMILES string of the molecule is Cc1c[nH]c(C)c1-c1ccnc(Nc2cccc(C(F)(F)F)c2)n1. The highest BCUT2D eigenvalue weighted by Crippen LogP contribution is 2.31. The number of benzene rings is 1. The van der Waals surface area contributed by atoms with Crippen molar-refractivity contribution in [1.82, 2.24) is 15.0 Å². The Hall–Kier alpha value is -2.83. The molecule has 4 nitrogen and oxygen atoms in total. The lowest BCUT2D eigenvalue weighted by Gasteiger charge is -2.10. The van der Waals surface area contributed by atoms with E-state index in [-0.39, 0.29) is 11.6 Å². The van der Waals surface area contributed by atoms with Gasteiger partial charge in [-0.3, -0.25) is 0 Å². The van der Waals surface area contributed by atoms with Crippen LogP contribution in [0.25, 0.3) is 11.3 Å². The monoisotopic (exact) mass is 332 g/mol. The summed E-state index contributed by atoms with van der Waals surface area (Å²) in [5.74, 6) is 0.242. The predicted octanol–water partition coefficient (Wildman–Crippen LogP) is 4.85. The van der Waals surface area contributed by atoms with E-state index in [1.54, 1.807) is 12.3 Å². The summed E-state index contributed by atoms with van der Waals surface area (Å²) in [5, 5.41) is 2.83. The van der Waals surface area contributed by atoms with E-state index in [1.807, 2.05) is 20.0 Å². The minimum absolute atomic E-state index is 0.242. The molecule has 2 heterocycles. The number of anilines is 2. The molecule has 3 rings (SSSR count). The van der Waals surface area contributed by atoms with E-state index in [0.29, 0.717) is 5.69 Å². The van der Waals surface area contributed by atoms with Gasteiger partial charge in [-0.05, 0) is 43.7 Å². The number of aromatic nitrogens is 3. The number of H-pyrrole nitrogens is 1. The molecule has 0 amide bonds. The molecule has 0 aliphatic rings. The average Bonchev–Trinajstić information content (AvgIpc) is 2.86. The second-order valence-electron chi connectivity index (χ2n) is 5.44. The number of aryl methyl sites for hydroxylation is 2. The van der Waals surface area contributed by atoms with Crippen LogP contribution in [0.5, 0.6) is 0 Å². The molecule has 1 aromatic carbocycles. The summed E-state index contributed by atoms with van der Waals surface area (Å²) >= 11 is 0. The molecule has 124 valence electrons. The van der Waals surface area contributed by atoms with Crippen LogP contribution in [-0.2, 0) is 6.18 Å². The number of halogens is 3. The number of rotatable bonds is 3. The van der Waals surface area contributed by atoms with Crippen molar-refractivity contribution < 1.29 is 13.2 Å². The number of hydrogen-bond acceptors (Lipinski definition) is 3. The first-order valence-corrected chi connectivity index (χ1v) is 7.27. The molecule has 0 saturated heterocycles. The summed E-state index contributed by atoms with van der Waals surface area (Å²) in [5.41, 5.74) is 3.23. The average molecular weight is 332 g/mol. The fourth-order valence-corrected chi connectivity index (χ4v) is 2.51. The molecule has 0 spiro atoms. The molecule has 0 unspecified atom stereocenters. The van der Waals surface area contributed by atoms with Gasteiger partial charge in [-0.2, -0.15) is 13.2 Å². The third kappa shape index (κ3) is 3.24. The van der Waals surface area contributed by atoms with Crippen molar-refractivity contribution in [1.29, 1.82) is 0 Å².